The average Bonchev–Trinajstić information content (AvgIpc) is 2.94. The lowest BCUT2D eigenvalue weighted by molar-refractivity contribution is 0.0776. The molecule has 1 aromatic carbocycles. The molecule has 0 spiro atoms. The third kappa shape index (κ3) is 2.49. The number of carbonyl (C=O) groups is 1. The molecule has 0 aliphatic carbocycles. The molecule has 5 heteroatoms. The van der Waals surface area contributed by atoms with Crippen molar-refractivity contribution < 1.29 is 9.90 Å². The largest absolute Gasteiger partial charge is 0.396 e. The van der Waals surface area contributed by atoms with Gasteiger partial charge in [0.05, 0.1) is 5.52 Å². The van der Waals surface area contributed by atoms with Gasteiger partial charge >= 0.3 is 0 Å². The van der Waals surface area contributed by atoms with Crippen LogP contribution in [0.1, 0.15) is 16.9 Å². The van der Waals surface area contributed by atoms with Crippen LogP contribution in [0.3, 0.4) is 0 Å². The van der Waals surface area contributed by atoms with Gasteiger partial charge in [0.1, 0.15) is 5.69 Å². The number of amides is 1. The van der Waals surface area contributed by atoms with Gasteiger partial charge in [0.15, 0.2) is 0 Å². The number of aliphatic hydroxyl groups excluding tert-OH is 1. The van der Waals surface area contributed by atoms with Crippen LogP contribution in [-0.4, -0.2) is 40.6 Å². The first-order valence-corrected chi connectivity index (χ1v) is 7.01. The first-order chi connectivity index (χ1) is 9.67. The third-order valence-electron chi connectivity index (χ3n) is 3.70. The molecule has 2 aromatic rings. The van der Waals surface area contributed by atoms with Gasteiger partial charge in [0, 0.05) is 36.0 Å². The zero-order valence-electron chi connectivity index (χ0n) is 10.9. The van der Waals surface area contributed by atoms with Gasteiger partial charge in [-0.1, -0.05) is 23.7 Å². The quantitative estimate of drug-likeness (QED) is 0.924. The lowest BCUT2D eigenvalue weighted by atomic mass is 10.1. The fourth-order valence-corrected chi connectivity index (χ4v) is 2.70. The Balaban J connectivity index is 1.88. The second-order valence-electron chi connectivity index (χ2n) is 5.12. The number of nitrogens with zero attached hydrogens (tertiary/aromatic N) is 2. The number of hydrogen-bond donors (Lipinski definition) is 1. The van der Waals surface area contributed by atoms with Gasteiger partial charge in [-0.05, 0) is 24.6 Å². The molecule has 1 N–H and O–H groups in total. The predicted octanol–water partition coefficient (Wildman–Crippen LogP) is 2.34. The number of pyridine rings is 1. The maximum absolute atomic E-state index is 12.4. The van der Waals surface area contributed by atoms with Crippen LogP contribution in [0.5, 0.6) is 0 Å². The first kappa shape index (κ1) is 13.3. The molecule has 1 aliphatic rings. The zero-order chi connectivity index (χ0) is 14.1. The van der Waals surface area contributed by atoms with Crippen LogP contribution >= 0.6 is 11.6 Å². The summed E-state index contributed by atoms with van der Waals surface area (Å²) in [6.45, 7) is 1.41. The summed E-state index contributed by atoms with van der Waals surface area (Å²) >= 11 is 5.95. The van der Waals surface area contributed by atoms with Crippen molar-refractivity contribution in [1.82, 2.24) is 9.88 Å². The highest BCUT2D eigenvalue weighted by molar-refractivity contribution is 6.31. The van der Waals surface area contributed by atoms with Crippen molar-refractivity contribution >= 4 is 28.4 Å². The molecule has 0 bridgehead atoms. The summed E-state index contributed by atoms with van der Waals surface area (Å²) in [4.78, 5) is 18.5. The van der Waals surface area contributed by atoms with Crippen molar-refractivity contribution in [3.63, 3.8) is 0 Å². The van der Waals surface area contributed by atoms with Gasteiger partial charge in [-0.2, -0.15) is 0 Å². The van der Waals surface area contributed by atoms with E-state index in [0.717, 1.165) is 17.3 Å². The van der Waals surface area contributed by atoms with E-state index in [1.54, 1.807) is 23.1 Å². The van der Waals surface area contributed by atoms with E-state index in [-0.39, 0.29) is 18.4 Å². The summed E-state index contributed by atoms with van der Waals surface area (Å²) in [5, 5.41) is 10.7. The molecule has 20 heavy (non-hydrogen) atoms. The molecule has 1 aliphatic heterocycles. The summed E-state index contributed by atoms with van der Waals surface area (Å²) < 4.78 is 0. The van der Waals surface area contributed by atoms with E-state index >= 15 is 0 Å². The van der Waals surface area contributed by atoms with Gasteiger partial charge in [-0.15, -0.1) is 0 Å². The van der Waals surface area contributed by atoms with E-state index in [9.17, 15) is 4.79 Å². The van der Waals surface area contributed by atoms with Crippen LogP contribution in [0.25, 0.3) is 10.9 Å². The first-order valence-electron chi connectivity index (χ1n) is 6.64. The molecule has 3 rings (SSSR count). The Hall–Kier alpha value is -1.65. The zero-order valence-corrected chi connectivity index (χ0v) is 11.7. The van der Waals surface area contributed by atoms with Crippen LogP contribution < -0.4 is 0 Å². The van der Waals surface area contributed by atoms with Gasteiger partial charge in [-0.25, -0.2) is 4.98 Å². The van der Waals surface area contributed by atoms with Crippen LogP contribution in [0.2, 0.25) is 5.02 Å². The SMILES string of the molecule is O=C(c1ccc2ccc(Cl)cc2n1)N1CCC(CO)C1. The topological polar surface area (TPSA) is 53.4 Å². The van der Waals surface area contributed by atoms with Gasteiger partial charge in [0.25, 0.3) is 5.91 Å². The minimum atomic E-state index is -0.0807. The Morgan fingerprint density at radius 1 is 1.40 bits per heavy atom. The summed E-state index contributed by atoms with van der Waals surface area (Å²) in [5.41, 5.74) is 1.15. The number of rotatable bonds is 2. The molecular formula is C15H15ClN2O2. The second kappa shape index (κ2) is 5.38. The summed E-state index contributed by atoms with van der Waals surface area (Å²) in [5.74, 6) is 0.108. The number of aliphatic hydroxyl groups is 1. The van der Waals surface area contributed by atoms with Gasteiger partial charge < -0.3 is 10.0 Å². The average molecular weight is 291 g/mol. The molecule has 4 nitrogen and oxygen atoms in total. The number of aromatic nitrogens is 1. The highest BCUT2D eigenvalue weighted by atomic mass is 35.5. The molecule has 1 fully saturated rings. The smallest absolute Gasteiger partial charge is 0.272 e. The van der Waals surface area contributed by atoms with E-state index in [1.807, 2.05) is 12.1 Å². The predicted molar refractivity (Wildman–Crippen MR) is 77.8 cm³/mol. The lowest BCUT2D eigenvalue weighted by Crippen LogP contribution is -2.29. The van der Waals surface area contributed by atoms with Crippen LogP contribution in [-0.2, 0) is 0 Å². The van der Waals surface area contributed by atoms with Gasteiger partial charge in [0.2, 0.25) is 0 Å². The molecule has 0 radical (unpaired) electrons. The fraction of sp³-hybridized carbons (Fsp3) is 0.333. The number of hydrogen-bond acceptors (Lipinski definition) is 3. The van der Waals surface area contributed by atoms with Crippen molar-refractivity contribution in [2.24, 2.45) is 5.92 Å². The molecule has 1 amide bonds. The second-order valence-corrected chi connectivity index (χ2v) is 5.56. The Kier molecular flexibility index (Phi) is 3.59. The molecule has 2 heterocycles. The minimum Gasteiger partial charge on any atom is -0.396 e. The highest BCUT2D eigenvalue weighted by Crippen LogP contribution is 2.21. The van der Waals surface area contributed by atoms with E-state index in [0.29, 0.717) is 23.8 Å². The normalized spacial score (nSPS) is 18.7. The lowest BCUT2D eigenvalue weighted by Gasteiger charge is -2.15. The number of benzene rings is 1. The van der Waals surface area contributed by atoms with Crippen molar-refractivity contribution in [1.29, 1.82) is 0 Å². The van der Waals surface area contributed by atoms with Crippen molar-refractivity contribution in [2.75, 3.05) is 19.7 Å². The Morgan fingerprint density at radius 3 is 2.95 bits per heavy atom. The maximum atomic E-state index is 12.4. The van der Waals surface area contributed by atoms with E-state index in [2.05, 4.69) is 4.98 Å². The van der Waals surface area contributed by atoms with Crippen molar-refractivity contribution in [2.45, 2.75) is 6.42 Å². The standard InChI is InChI=1S/C15H15ClN2O2/c16-12-3-1-11-2-4-13(17-14(11)7-12)15(20)18-6-5-10(8-18)9-19/h1-4,7,10,19H,5-6,8-9H2. The molecule has 1 atom stereocenters. The van der Waals surface area contributed by atoms with E-state index < -0.39 is 0 Å². The molecule has 0 saturated carbocycles. The Bertz CT molecular complexity index is 659. The summed E-state index contributed by atoms with van der Waals surface area (Å²) in [7, 11) is 0. The molecule has 1 saturated heterocycles. The molecule has 1 aromatic heterocycles. The monoisotopic (exact) mass is 290 g/mol. The van der Waals surface area contributed by atoms with Gasteiger partial charge in [-0.3, -0.25) is 4.79 Å². The fourth-order valence-electron chi connectivity index (χ4n) is 2.54. The van der Waals surface area contributed by atoms with E-state index in [4.69, 9.17) is 16.7 Å². The van der Waals surface area contributed by atoms with E-state index in [1.165, 1.54) is 0 Å². The Morgan fingerprint density at radius 2 is 2.20 bits per heavy atom. The van der Waals surface area contributed by atoms with Crippen LogP contribution in [0, 0.1) is 5.92 Å². The summed E-state index contributed by atoms with van der Waals surface area (Å²) in [6, 6.07) is 9.07. The van der Waals surface area contributed by atoms with Crippen LogP contribution in [0.15, 0.2) is 30.3 Å². The Labute approximate surface area is 122 Å². The minimum absolute atomic E-state index is 0.0807. The van der Waals surface area contributed by atoms with Crippen LogP contribution in [0.4, 0.5) is 0 Å². The molecule has 1 unspecified atom stereocenters. The van der Waals surface area contributed by atoms with Crippen molar-refractivity contribution in [3.8, 4) is 0 Å². The number of fused-ring (bicyclic) bond motifs is 1. The highest BCUT2D eigenvalue weighted by Gasteiger charge is 2.27. The van der Waals surface area contributed by atoms with Crippen molar-refractivity contribution in [3.05, 3.63) is 41.0 Å². The summed E-state index contributed by atoms with van der Waals surface area (Å²) in [6.07, 6.45) is 0.849. The third-order valence-corrected chi connectivity index (χ3v) is 3.94. The number of halogens is 1. The number of carbonyl (C=O) groups excluding carboxylic acids is 1. The molecular weight excluding hydrogens is 276 g/mol. The maximum Gasteiger partial charge on any atom is 0.272 e. The number of likely N-dealkylation sites (tertiary alicyclic amines) is 1. The molecule has 104 valence electrons.